The van der Waals surface area contributed by atoms with E-state index in [0.717, 1.165) is 0 Å². The van der Waals surface area contributed by atoms with Crippen molar-refractivity contribution in [3.8, 4) is 0 Å². The van der Waals surface area contributed by atoms with E-state index >= 15 is 0 Å². The fourth-order valence-electron chi connectivity index (χ4n) is 1.02. The minimum absolute atomic E-state index is 0. The summed E-state index contributed by atoms with van der Waals surface area (Å²) in [6, 6.07) is 3.58. The van der Waals surface area contributed by atoms with Crippen molar-refractivity contribution in [1.82, 2.24) is 5.10 Å². The maximum absolute atomic E-state index is 11.6. The zero-order valence-electron chi connectivity index (χ0n) is 10.8. The van der Waals surface area contributed by atoms with Crippen molar-refractivity contribution in [3.63, 3.8) is 0 Å². The van der Waals surface area contributed by atoms with Gasteiger partial charge < -0.3 is 12.4 Å². The molecule has 0 atom stereocenters. The summed E-state index contributed by atoms with van der Waals surface area (Å²) in [5, 5.41) is 3.99. The maximum Gasteiger partial charge on any atom is 0.273 e. The Hall–Kier alpha value is -0.720. The average molecular weight is 295 g/mol. The van der Waals surface area contributed by atoms with Gasteiger partial charge in [0, 0.05) is 6.07 Å². The van der Waals surface area contributed by atoms with E-state index in [0.29, 0.717) is 6.54 Å². The van der Waals surface area contributed by atoms with Gasteiger partial charge in [-0.1, -0.05) is 25.5 Å². The number of hydrogen-bond donors (Lipinski definition) is 0. The number of rotatable bonds is 5. The molecule has 7 heteroatoms. The van der Waals surface area contributed by atoms with E-state index in [9.17, 15) is 8.42 Å². The molecule has 0 N–H and O–H groups in total. The summed E-state index contributed by atoms with van der Waals surface area (Å²) in [5.74, 6) is -0.0647. The van der Waals surface area contributed by atoms with Crippen molar-refractivity contribution in [1.29, 1.82) is 0 Å². The molecule has 1 aromatic rings. The van der Waals surface area contributed by atoms with Crippen LogP contribution < -0.4 is 17.1 Å². The Morgan fingerprint density at radius 3 is 2.44 bits per heavy atom. The lowest BCUT2D eigenvalue weighted by Gasteiger charge is -2.17. The molecule has 18 heavy (non-hydrogen) atoms. The molecule has 0 aliphatic carbocycles. The average Bonchev–Trinajstić information content (AvgIpc) is 2.25. The molecule has 0 saturated heterocycles. The Morgan fingerprint density at radius 2 is 1.94 bits per heavy atom. The summed E-state index contributed by atoms with van der Waals surface area (Å²) >= 11 is 0. The molecule has 5 nitrogen and oxygen atoms in total. The highest BCUT2D eigenvalue weighted by Crippen LogP contribution is 2.14. The summed E-state index contributed by atoms with van der Waals surface area (Å²) in [5.41, 5.74) is -0.161. The minimum atomic E-state index is -3.47. The molecular formula is C11H19ClN2O3S. The quantitative estimate of drug-likeness (QED) is 0.455. The van der Waals surface area contributed by atoms with E-state index in [1.165, 1.54) is 0 Å². The molecule has 1 heterocycles. The van der Waals surface area contributed by atoms with Gasteiger partial charge in [0.2, 0.25) is 0 Å². The van der Waals surface area contributed by atoms with Gasteiger partial charge in [0.25, 0.3) is 10.1 Å². The molecule has 0 spiro atoms. The van der Waals surface area contributed by atoms with Crippen LogP contribution in [0.2, 0.25) is 0 Å². The second-order valence-corrected chi connectivity index (χ2v) is 6.81. The Balaban J connectivity index is 0.00000289. The number of aromatic nitrogens is 2. The van der Waals surface area contributed by atoms with Gasteiger partial charge in [-0.15, -0.1) is 0 Å². The van der Waals surface area contributed by atoms with Crippen LogP contribution in [0.4, 0.5) is 0 Å². The Kier molecular flexibility index (Phi) is 6.73. The topological polar surface area (TPSA) is 60.1 Å². The molecule has 0 aromatic carbocycles. The van der Waals surface area contributed by atoms with E-state index in [2.05, 4.69) is 5.10 Å². The minimum Gasteiger partial charge on any atom is -1.00 e. The summed E-state index contributed by atoms with van der Waals surface area (Å²) in [4.78, 5) is 0. The van der Waals surface area contributed by atoms with Crippen molar-refractivity contribution < 1.29 is 29.7 Å². The molecule has 0 aliphatic heterocycles. The van der Waals surface area contributed by atoms with Crippen LogP contribution in [-0.2, 0) is 20.8 Å². The Labute approximate surface area is 115 Å². The van der Waals surface area contributed by atoms with E-state index < -0.39 is 10.1 Å². The van der Waals surface area contributed by atoms with Gasteiger partial charge in [-0.25, -0.2) is 0 Å². The largest absolute Gasteiger partial charge is 1.00 e. The number of aryl methyl sites for hydroxylation is 1. The summed E-state index contributed by atoms with van der Waals surface area (Å²) < 4.78 is 29.7. The van der Waals surface area contributed by atoms with Crippen molar-refractivity contribution in [2.45, 2.75) is 27.3 Å². The molecule has 0 bridgehead atoms. The summed E-state index contributed by atoms with van der Waals surface area (Å²) in [6.45, 7) is 6.28. The van der Waals surface area contributed by atoms with Gasteiger partial charge in [-0.05, 0) is 16.6 Å². The molecule has 0 saturated carbocycles. The highest BCUT2D eigenvalue weighted by atomic mass is 35.5. The lowest BCUT2D eigenvalue weighted by Crippen LogP contribution is -3.00. The zero-order valence-corrected chi connectivity index (χ0v) is 12.4. The smallest absolute Gasteiger partial charge is 0.273 e. The van der Waals surface area contributed by atoms with Crippen molar-refractivity contribution in [3.05, 3.63) is 24.5 Å². The van der Waals surface area contributed by atoms with E-state index in [1.54, 1.807) is 29.2 Å². The molecule has 0 aliphatic rings. The first-order valence-electron chi connectivity index (χ1n) is 5.46. The second kappa shape index (κ2) is 7.01. The van der Waals surface area contributed by atoms with Gasteiger partial charge in [-0.2, -0.15) is 8.42 Å². The Bertz CT molecular complexity index is 443. The van der Waals surface area contributed by atoms with Crippen LogP contribution in [0, 0.1) is 5.41 Å². The predicted molar refractivity (Wildman–Crippen MR) is 63.6 cm³/mol. The molecule has 0 fully saturated rings. The number of halogens is 1. The number of nitrogens with zero attached hydrogens (tertiary/aromatic N) is 2. The second-order valence-electron chi connectivity index (χ2n) is 5.05. The third-order valence-electron chi connectivity index (χ3n) is 1.91. The van der Waals surface area contributed by atoms with E-state index in [4.69, 9.17) is 4.18 Å². The van der Waals surface area contributed by atoms with Gasteiger partial charge in [0.1, 0.15) is 5.75 Å². The molecule has 104 valence electrons. The third-order valence-corrected chi connectivity index (χ3v) is 3.07. The zero-order chi connectivity index (χ0) is 12.9. The fraction of sp³-hybridized carbons (Fsp3) is 0.636. The van der Waals surface area contributed by atoms with Crippen LogP contribution in [0.3, 0.4) is 0 Å². The molecule has 0 radical (unpaired) electrons. The standard InChI is InChI=1S/C11H19N2O3S.ClH/c1-11(2,3)10-16-17(14,15)9-8-13-7-5-4-6-12-13;/h4-7H,8-10H2,1-3H3;1H/q+1;/p-1. The highest BCUT2D eigenvalue weighted by molar-refractivity contribution is 7.86. The molecule has 1 rings (SSSR count). The van der Waals surface area contributed by atoms with Gasteiger partial charge in [0.15, 0.2) is 12.7 Å². The van der Waals surface area contributed by atoms with Crippen molar-refractivity contribution >= 4 is 10.1 Å². The van der Waals surface area contributed by atoms with Crippen LogP contribution in [0.15, 0.2) is 24.5 Å². The summed E-state index contributed by atoms with van der Waals surface area (Å²) in [7, 11) is -3.47. The van der Waals surface area contributed by atoms with Gasteiger partial charge >= 0.3 is 0 Å². The molecule has 1 aromatic heterocycles. The van der Waals surface area contributed by atoms with Gasteiger partial charge in [-0.3, -0.25) is 4.18 Å². The third kappa shape index (κ3) is 7.58. The van der Waals surface area contributed by atoms with Crippen LogP contribution in [0.1, 0.15) is 20.8 Å². The van der Waals surface area contributed by atoms with Crippen LogP contribution in [0.5, 0.6) is 0 Å². The van der Waals surface area contributed by atoms with Crippen LogP contribution >= 0.6 is 0 Å². The van der Waals surface area contributed by atoms with E-state index in [-0.39, 0.29) is 30.2 Å². The van der Waals surface area contributed by atoms with Crippen molar-refractivity contribution in [2.24, 2.45) is 5.41 Å². The van der Waals surface area contributed by atoms with Crippen LogP contribution in [-0.4, -0.2) is 25.9 Å². The summed E-state index contributed by atoms with van der Waals surface area (Å²) in [6.07, 6.45) is 3.34. The lowest BCUT2D eigenvalue weighted by molar-refractivity contribution is -0.750. The number of hydrogen-bond acceptors (Lipinski definition) is 4. The highest BCUT2D eigenvalue weighted by Gasteiger charge is 2.19. The van der Waals surface area contributed by atoms with Crippen molar-refractivity contribution in [2.75, 3.05) is 12.4 Å². The molecule has 0 unspecified atom stereocenters. The first-order chi connectivity index (χ1) is 7.79. The normalized spacial score (nSPS) is 11.9. The first-order valence-corrected chi connectivity index (χ1v) is 7.04. The fourth-order valence-corrected chi connectivity index (χ4v) is 2.09. The van der Waals surface area contributed by atoms with Crippen LogP contribution in [0.25, 0.3) is 0 Å². The van der Waals surface area contributed by atoms with E-state index in [1.807, 2.05) is 20.8 Å². The maximum atomic E-state index is 11.6. The monoisotopic (exact) mass is 294 g/mol. The predicted octanol–water partition coefficient (Wildman–Crippen LogP) is -2.23. The first kappa shape index (κ1) is 17.3. The molecule has 0 amide bonds. The van der Waals surface area contributed by atoms with Gasteiger partial charge in [0.05, 0.1) is 12.8 Å². The lowest BCUT2D eigenvalue weighted by atomic mass is 9.99. The Morgan fingerprint density at radius 1 is 1.28 bits per heavy atom. The SMILES string of the molecule is CC(C)(C)COS(=O)(=O)CC[n+]1ccccn1.[Cl-]. The molecular weight excluding hydrogens is 276 g/mol.